The molecule has 92 valence electrons. The van der Waals surface area contributed by atoms with Crippen molar-refractivity contribution < 1.29 is 13.2 Å². The molecule has 3 rings (SSSR count). The third-order valence-corrected chi connectivity index (χ3v) is 5.35. The monoisotopic (exact) mass is 245 g/mol. The lowest BCUT2D eigenvalue weighted by Crippen LogP contribution is -2.58. The molecule has 3 saturated carbocycles. The van der Waals surface area contributed by atoms with E-state index in [1.165, 1.54) is 0 Å². The van der Waals surface area contributed by atoms with Crippen molar-refractivity contribution in [3.63, 3.8) is 0 Å². The summed E-state index contributed by atoms with van der Waals surface area (Å²) < 4.78 is 31.4. The summed E-state index contributed by atoms with van der Waals surface area (Å²) in [4.78, 5) is 0. The molecule has 0 aliphatic heterocycles. The van der Waals surface area contributed by atoms with Crippen LogP contribution in [0.1, 0.15) is 38.5 Å². The molecule has 16 heavy (non-hydrogen) atoms. The summed E-state index contributed by atoms with van der Waals surface area (Å²) >= 11 is 0. The van der Waals surface area contributed by atoms with Crippen molar-refractivity contribution >= 4 is 10.0 Å². The van der Waals surface area contributed by atoms with Crippen molar-refractivity contribution in [2.24, 2.45) is 0 Å². The predicted molar refractivity (Wildman–Crippen MR) is 62.4 cm³/mol. The maximum atomic E-state index is 11.5. The van der Waals surface area contributed by atoms with E-state index < -0.39 is 10.0 Å². The lowest BCUT2D eigenvalue weighted by molar-refractivity contribution is -0.0960. The summed E-state index contributed by atoms with van der Waals surface area (Å²) in [7, 11) is -1.56. The Labute approximate surface area is 97.1 Å². The van der Waals surface area contributed by atoms with Crippen molar-refractivity contribution in [3.8, 4) is 0 Å². The van der Waals surface area contributed by atoms with Crippen LogP contribution in [0.25, 0.3) is 0 Å². The summed E-state index contributed by atoms with van der Waals surface area (Å²) in [6.07, 6.45) is 5.45. The maximum absolute atomic E-state index is 11.5. The first-order valence-electron chi connectivity index (χ1n) is 5.67. The summed E-state index contributed by atoms with van der Waals surface area (Å²) in [5.74, 6) is 0. The van der Waals surface area contributed by atoms with Crippen LogP contribution < -0.4 is 4.72 Å². The van der Waals surface area contributed by atoms with Crippen molar-refractivity contribution in [1.82, 2.24) is 4.72 Å². The Hall–Kier alpha value is -0.390. The van der Waals surface area contributed by atoms with Crippen LogP contribution in [0.4, 0.5) is 0 Å². The number of fused-ring (bicyclic) bond motifs is 3. The van der Waals surface area contributed by atoms with E-state index in [2.05, 4.69) is 11.3 Å². The molecule has 0 spiro atoms. The first-order valence-corrected chi connectivity index (χ1v) is 7.21. The summed E-state index contributed by atoms with van der Waals surface area (Å²) in [6, 6.07) is 0. The summed E-state index contributed by atoms with van der Waals surface area (Å²) in [6.45, 7) is 3.33. The highest BCUT2D eigenvalue weighted by molar-refractivity contribution is 7.92. The lowest BCUT2D eigenvalue weighted by atomic mass is 9.63. The molecule has 4 nitrogen and oxygen atoms in total. The van der Waals surface area contributed by atoms with Crippen LogP contribution in [0.2, 0.25) is 0 Å². The highest BCUT2D eigenvalue weighted by Gasteiger charge is 2.50. The minimum Gasteiger partial charge on any atom is -0.378 e. The van der Waals surface area contributed by atoms with Crippen LogP contribution in [0, 0.1) is 0 Å². The number of methoxy groups -OCH3 is 1. The smallest absolute Gasteiger partial charge is 0.233 e. The van der Waals surface area contributed by atoms with E-state index in [4.69, 9.17) is 4.74 Å². The van der Waals surface area contributed by atoms with Gasteiger partial charge in [-0.3, -0.25) is 0 Å². The van der Waals surface area contributed by atoms with Gasteiger partial charge < -0.3 is 4.74 Å². The van der Waals surface area contributed by atoms with E-state index >= 15 is 0 Å². The minimum absolute atomic E-state index is 0.0152. The lowest BCUT2D eigenvalue weighted by Gasteiger charge is -2.52. The molecule has 3 aliphatic rings. The Morgan fingerprint density at radius 1 is 1.19 bits per heavy atom. The Morgan fingerprint density at radius 2 is 1.69 bits per heavy atom. The first kappa shape index (κ1) is 12.1. The van der Waals surface area contributed by atoms with Gasteiger partial charge in [0.1, 0.15) is 0 Å². The van der Waals surface area contributed by atoms with Gasteiger partial charge in [0.15, 0.2) is 0 Å². The number of sulfonamides is 1. The highest BCUT2D eigenvalue weighted by atomic mass is 32.2. The summed E-state index contributed by atoms with van der Waals surface area (Å²) in [5, 5.41) is 0.995. The topological polar surface area (TPSA) is 55.4 Å². The van der Waals surface area contributed by atoms with Crippen molar-refractivity contribution in [2.45, 2.75) is 49.7 Å². The molecular formula is C11H19NO3S. The van der Waals surface area contributed by atoms with Gasteiger partial charge in [-0.05, 0) is 38.5 Å². The number of hydrogen-bond donors (Lipinski definition) is 1. The van der Waals surface area contributed by atoms with Crippen molar-refractivity contribution in [2.75, 3.05) is 7.11 Å². The fourth-order valence-electron chi connectivity index (χ4n) is 2.95. The van der Waals surface area contributed by atoms with E-state index in [1.807, 2.05) is 0 Å². The molecule has 0 atom stereocenters. The quantitative estimate of drug-likeness (QED) is 0.817. The molecule has 5 heteroatoms. The standard InChI is InChI=1S/C11H19NO3S/c1-3-16(13,14)12-10-4-7-11(15-2,8-5-10)9-6-10/h3,12H,1,4-9H2,2H3. The van der Waals surface area contributed by atoms with Crippen LogP contribution in [0.5, 0.6) is 0 Å². The molecule has 3 aliphatic carbocycles. The molecule has 3 fully saturated rings. The van der Waals surface area contributed by atoms with Crippen LogP contribution >= 0.6 is 0 Å². The van der Waals surface area contributed by atoms with Gasteiger partial charge in [0.05, 0.1) is 5.60 Å². The Balaban J connectivity index is 2.11. The fraction of sp³-hybridized carbons (Fsp3) is 0.818. The third-order valence-electron chi connectivity index (χ3n) is 4.19. The average Bonchev–Trinajstić information content (AvgIpc) is 2.31. The van der Waals surface area contributed by atoms with E-state index in [0.29, 0.717) is 0 Å². The van der Waals surface area contributed by atoms with Gasteiger partial charge in [-0.1, -0.05) is 6.58 Å². The van der Waals surface area contributed by atoms with Crippen LogP contribution in [0.15, 0.2) is 12.0 Å². The molecule has 0 heterocycles. The van der Waals surface area contributed by atoms with Gasteiger partial charge in [-0.25, -0.2) is 13.1 Å². The molecule has 0 aromatic rings. The Kier molecular flexibility index (Phi) is 2.88. The normalized spacial score (nSPS) is 38.6. The first-order chi connectivity index (χ1) is 7.45. The number of nitrogens with one attached hydrogen (secondary N) is 1. The van der Waals surface area contributed by atoms with E-state index in [9.17, 15) is 8.42 Å². The molecule has 0 aromatic carbocycles. The van der Waals surface area contributed by atoms with Gasteiger partial charge in [0, 0.05) is 18.1 Å². The molecule has 0 radical (unpaired) electrons. The molecule has 0 saturated heterocycles. The maximum Gasteiger partial charge on any atom is 0.233 e. The van der Waals surface area contributed by atoms with Crippen LogP contribution in [-0.2, 0) is 14.8 Å². The SMILES string of the molecule is C=CS(=O)(=O)NC12CCC(OC)(CC1)CC2. The van der Waals surface area contributed by atoms with E-state index in [0.717, 1.165) is 43.9 Å². The van der Waals surface area contributed by atoms with Crippen molar-refractivity contribution in [1.29, 1.82) is 0 Å². The van der Waals surface area contributed by atoms with Gasteiger partial charge in [0.25, 0.3) is 0 Å². The molecular weight excluding hydrogens is 226 g/mol. The van der Waals surface area contributed by atoms with E-state index in [1.54, 1.807) is 7.11 Å². The fourth-order valence-corrected chi connectivity index (χ4v) is 3.95. The van der Waals surface area contributed by atoms with Crippen LogP contribution in [0.3, 0.4) is 0 Å². The molecule has 0 amide bonds. The molecule has 0 unspecified atom stereocenters. The van der Waals surface area contributed by atoms with Crippen molar-refractivity contribution in [3.05, 3.63) is 12.0 Å². The second-order valence-electron chi connectivity index (χ2n) is 4.98. The Bertz CT molecular complexity index is 364. The highest BCUT2D eigenvalue weighted by Crippen LogP contribution is 2.48. The van der Waals surface area contributed by atoms with Gasteiger partial charge in [0.2, 0.25) is 10.0 Å². The second-order valence-corrected chi connectivity index (χ2v) is 6.61. The second kappa shape index (κ2) is 3.82. The van der Waals surface area contributed by atoms with Crippen LogP contribution in [-0.4, -0.2) is 26.7 Å². The molecule has 1 N–H and O–H groups in total. The van der Waals surface area contributed by atoms with Gasteiger partial charge >= 0.3 is 0 Å². The number of hydrogen-bond acceptors (Lipinski definition) is 3. The number of ether oxygens (including phenoxy) is 1. The largest absolute Gasteiger partial charge is 0.378 e. The Morgan fingerprint density at radius 3 is 2.06 bits per heavy atom. The summed E-state index contributed by atoms with van der Waals surface area (Å²) in [5.41, 5.74) is -0.228. The average molecular weight is 245 g/mol. The molecule has 2 bridgehead atoms. The predicted octanol–water partition coefficient (Wildman–Crippen LogP) is 1.54. The third kappa shape index (κ3) is 2.04. The minimum atomic E-state index is -3.32. The van der Waals surface area contributed by atoms with Gasteiger partial charge in [-0.15, -0.1) is 0 Å². The zero-order valence-corrected chi connectivity index (χ0v) is 10.5. The zero-order valence-electron chi connectivity index (χ0n) is 9.66. The van der Waals surface area contributed by atoms with E-state index in [-0.39, 0.29) is 11.1 Å². The number of rotatable bonds is 4. The van der Waals surface area contributed by atoms with Gasteiger partial charge in [-0.2, -0.15) is 0 Å². The zero-order chi connectivity index (χ0) is 11.9. The molecule has 0 aromatic heterocycles.